The second-order valence-electron chi connectivity index (χ2n) is 6.02. The molecule has 0 heterocycles. The molecular weight excluding hydrogens is 328 g/mol. The summed E-state index contributed by atoms with van der Waals surface area (Å²) in [7, 11) is -1.85. The van der Waals surface area contributed by atoms with Gasteiger partial charge in [-0.15, -0.1) is 0 Å². The van der Waals surface area contributed by atoms with Crippen molar-refractivity contribution in [2.24, 2.45) is 0 Å². The quantitative estimate of drug-likeness (QED) is 0.631. The van der Waals surface area contributed by atoms with Gasteiger partial charge in [0.2, 0.25) is 0 Å². The molecule has 0 saturated carbocycles. The van der Waals surface area contributed by atoms with Gasteiger partial charge in [0, 0.05) is 21.7 Å². The maximum atomic E-state index is 6.55. The van der Waals surface area contributed by atoms with Crippen molar-refractivity contribution in [2.45, 2.75) is 77.6 Å². The molecule has 0 bridgehead atoms. The predicted molar refractivity (Wildman–Crippen MR) is 90.2 cm³/mol. The fraction of sp³-hybridized carbons (Fsp3) is 1.00. The molecule has 0 aromatic rings. The van der Waals surface area contributed by atoms with E-state index in [1.54, 1.807) is 0 Å². The largest absolute Gasteiger partial charge is 0.459 e. The molecule has 0 spiro atoms. The molecule has 0 unspecified atom stereocenters. The van der Waals surface area contributed by atoms with Crippen LogP contribution in [0.15, 0.2) is 0 Å². The van der Waals surface area contributed by atoms with Crippen molar-refractivity contribution in [3.05, 3.63) is 0 Å². The van der Waals surface area contributed by atoms with Crippen LogP contribution in [0.4, 0.5) is 0 Å². The summed E-state index contributed by atoms with van der Waals surface area (Å²) in [4.78, 5) is 0. The molecule has 0 saturated heterocycles. The first-order valence-electron chi connectivity index (χ1n) is 6.39. The van der Waals surface area contributed by atoms with E-state index in [0.717, 1.165) is 22.2 Å². The Bertz CT molecular complexity index is 171. The molecule has 0 aliphatic carbocycles. The number of rotatable bonds is 6. The van der Waals surface area contributed by atoms with Crippen LogP contribution in [0.3, 0.4) is 0 Å². The van der Waals surface area contributed by atoms with Crippen molar-refractivity contribution in [1.29, 1.82) is 0 Å². The minimum atomic E-state index is -1.53. The molecule has 8 N–H and O–H groups in total. The summed E-state index contributed by atoms with van der Waals surface area (Å²) >= 11 is 0. The molecule has 0 radical (unpaired) electrons. The zero-order chi connectivity index (χ0) is 12.2. The third-order valence-electron chi connectivity index (χ3n) is 3.37. The maximum Gasteiger partial charge on any atom is 0.187 e. The van der Waals surface area contributed by atoms with Crippen LogP contribution in [0.1, 0.15) is 55.4 Å². The summed E-state index contributed by atoms with van der Waals surface area (Å²) in [5.74, 6) is 0. The Hall–Kier alpha value is 0.948. The van der Waals surface area contributed by atoms with E-state index in [9.17, 15) is 0 Å². The van der Waals surface area contributed by atoms with Crippen molar-refractivity contribution in [3.8, 4) is 0 Å². The number of hydrogen-bond donors (Lipinski definition) is 0. The van der Waals surface area contributed by atoms with Gasteiger partial charge >= 0.3 is 0 Å². The molecule has 0 aromatic heterocycles. The number of hydrogen-bond acceptors (Lipinski definition) is 1. The summed E-state index contributed by atoms with van der Waals surface area (Å²) in [6.07, 6.45) is 0. The van der Waals surface area contributed by atoms with Crippen molar-refractivity contribution < 1.29 is 47.7 Å². The third kappa shape index (κ3) is 9.81. The Morgan fingerprint density at radius 1 is 0.650 bits per heavy atom. The minimum absolute atomic E-state index is 0. The summed E-state index contributed by atoms with van der Waals surface area (Å²) in [6.45, 7) is 18.8. The summed E-state index contributed by atoms with van der Waals surface area (Å²) < 4.78 is 6.55. The van der Waals surface area contributed by atoms with Gasteiger partial charge in [-0.3, -0.25) is 0 Å². The fourth-order valence-corrected chi connectivity index (χ4v) is 13.3. The molecule has 0 aliphatic heterocycles. The predicted octanol–water partition coefficient (Wildman–Crippen LogP) is 0.789. The minimum Gasteiger partial charge on any atom is -0.459 e. The van der Waals surface area contributed by atoms with Gasteiger partial charge in [-0.2, -0.15) is 0 Å². The molecular formula is C12H38O5Si2Ti. The van der Waals surface area contributed by atoms with Crippen LogP contribution in [0.2, 0.25) is 22.2 Å². The van der Waals surface area contributed by atoms with E-state index < -0.39 is 8.32 Å². The Morgan fingerprint density at radius 2 is 0.900 bits per heavy atom. The van der Waals surface area contributed by atoms with E-state index >= 15 is 0 Å². The first-order valence-corrected chi connectivity index (χ1v) is 9.92. The van der Waals surface area contributed by atoms with Gasteiger partial charge in [0.05, 0.1) is 0 Å². The zero-order valence-electron chi connectivity index (χ0n) is 14.4. The van der Waals surface area contributed by atoms with Crippen LogP contribution in [0.5, 0.6) is 0 Å². The van der Waals surface area contributed by atoms with Crippen LogP contribution in [0.25, 0.3) is 0 Å². The smallest absolute Gasteiger partial charge is 0.187 e. The summed E-state index contributed by atoms with van der Waals surface area (Å²) in [5.41, 5.74) is 3.00. The van der Waals surface area contributed by atoms with Crippen molar-refractivity contribution in [1.82, 2.24) is 0 Å². The first-order chi connectivity index (χ1) is 6.75. The SMILES string of the molecule is CC(C)[SiH2]O[Si](C(C)C)(C(C)C)C(C)C.O.O.O.O.[Ti]. The van der Waals surface area contributed by atoms with Gasteiger partial charge in [0.15, 0.2) is 8.32 Å². The van der Waals surface area contributed by atoms with E-state index in [0.29, 0.717) is 0 Å². The summed E-state index contributed by atoms with van der Waals surface area (Å²) in [6, 6.07) is 0. The molecule has 0 aliphatic rings. The average Bonchev–Trinajstić information content (AvgIpc) is 2.02. The molecule has 0 fully saturated rings. The Kier molecular flexibility index (Phi) is 30.4. The Morgan fingerprint density at radius 3 is 1.05 bits per heavy atom. The fourth-order valence-electron chi connectivity index (χ4n) is 2.81. The molecule has 5 nitrogen and oxygen atoms in total. The van der Waals surface area contributed by atoms with Crippen molar-refractivity contribution in [3.63, 3.8) is 0 Å². The van der Waals surface area contributed by atoms with Crippen LogP contribution < -0.4 is 0 Å². The van der Waals surface area contributed by atoms with Gasteiger partial charge in [-0.05, 0) is 22.2 Å². The molecule has 0 aromatic carbocycles. The van der Waals surface area contributed by atoms with E-state index in [2.05, 4.69) is 55.4 Å². The van der Waals surface area contributed by atoms with E-state index in [4.69, 9.17) is 4.12 Å². The van der Waals surface area contributed by atoms with Crippen LogP contribution in [-0.2, 0) is 25.8 Å². The van der Waals surface area contributed by atoms with Crippen molar-refractivity contribution >= 4 is 18.1 Å². The normalized spacial score (nSPS) is 10.8. The molecule has 20 heavy (non-hydrogen) atoms. The van der Waals surface area contributed by atoms with Crippen LogP contribution >= 0.6 is 0 Å². The first kappa shape index (κ1) is 37.3. The summed E-state index contributed by atoms with van der Waals surface area (Å²) in [5, 5.41) is 0. The molecule has 0 atom stereocenters. The molecule has 8 heteroatoms. The van der Waals surface area contributed by atoms with Gasteiger partial charge in [-0.25, -0.2) is 0 Å². The van der Waals surface area contributed by atoms with Gasteiger partial charge in [-0.1, -0.05) is 55.4 Å². The Balaban J connectivity index is -0.0000000980. The van der Waals surface area contributed by atoms with E-state index in [1.165, 1.54) is 0 Å². The second-order valence-corrected chi connectivity index (χ2v) is 14.3. The van der Waals surface area contributed by atoms with Crippen LogP contribution in [-0.4, -0.2) is 40.0 Å². The van der Waals surface area contributed by atoms with Gasteiger partial charge in [0.25, 0.3) is 0 Å². The molecule has 128 valence electrons. The second kappa shape index (κ2) is 16.3. The zero-order valence-corrected chi connectivity index (χ0v) is 18.4. The Labute approximate surface area is 143 Å². The molecule has 0 rings (SSSR count). The van der Waals surface area contributed by atoms with E-state index in [1.807, 2.05) is 0 Å². The van der Waals surface area contributed by atoms with E-state index in [-0.39, 0.29) is 53.4 Å². The molecule has 0 amide bonds. The van der Waals surface area contributed by atoms with Crippen molar-refractivity contribution in [2.75, 3.05) is 0 Å². The van der Waals surface area contributed by atoms with Crippen LogP contribution in [0, 0.1) is 0 Å². The third-order valence-corrected chi connectivity index (χ3v) is 12.1. The van der Waals surface area contributed by atoms with Gasteiger partial charge in [0.1, 0.15) is 9.76 Å². The monoisotopic (exact) mass is 366 g/mol. The average molecular weight is 366 g/mol. The maximum absolute atomic E-state index is 6.55. The van der Waals surface area contributed by atoms with Gasteiger partial charge < -0.3 is 26.0 Å². The topological polar surface area (TPSA) is 135 Å². The standard InChI is InChI=1S/C12H30OSi2.4H2O.Ti/c1-9(2)14-13-15(10(3)4,11(5)6)12(7)8;;;;;/h9-12H,14H2,1-8H3;4*1H2;.